The molecule has 2 N–H and O–H groups in total. The van der Waals surface area contributed by atoms with Crippen LogP contribution in [0.3, 0.4) is 0 Å². The summed E-state index contributed by atoms with van der Waals surface area (Å²) in [5, 5.41) is 4.21. The maximum absolute atomic E-state index is 5.78. The van der Waals surface area contributed by atoms with E-state index in [4.69, 9.17) is 5.73 Å². The van der Waals surface area contributed by atoms with E-state index in [1.807, 2.05) is 19.3 Å². The molecule has 2 aliphatic rings. The van der Waals surface area contributed by atoms with Crippen LogP contribution in [0, 0.1) is 0 Å². The molecule has 0 unspecified atom stereocenters. The Morgan fingerprint density at radius 3 is 2.55 bits per heavy atom. The van der Waals surface area contributed by atoms with Crippen molar-refractivity contribution in [2.45, 2.75) is 18.9 Å². The molecule has 0 fully saturated rings. The van der Waals surface area contributed by atoms with Gasteiger partial charge in [0, 0.05) is 37.1 Å². The van der Waals surface area contributed by atoms with Crippen molar-refractivity contribution in [2.75, 3.05) is 12.4 Å². The second-order valence-corrected chi connectivity index (χ2v) is 5.96. The molecule has 1 aliphatic carbocycles. The van der Waals surface area contributed by atoms with Crippen LogP contribution in [0.2, 0.25) is 0 Å². The number of aryl methyl sites for hydroxylation is 1. The van der Waals surface area contributed by atoms with Gasteiger partial charge in [0.05, 0.1) is 5.69 Å². The van der Waals surface area contributed by atoms with E-state index in [0.29, 0.717) is 11.9 Å². The lowest BCUT2D eigenvalue weighted by molar-refractivity contribution is 0.291. The van der Waals surface area contributed by atoms with Crippen LogP contribution in [0.25, 0.3) is 5.57 Å². The van der Waals surface area contributed by atoms with Gasteiger partial charge in [-0.1, -0.05) is 24.3 Å². The third-order valence-electron chi connectivity index (χ3n) is 4.47. The maximum Gasteiger partial charge on any atom is 0.146 e. The summed E-state index contributed by atoms with van der Waals surface area (Å²) < 4.78 is 1.81. The zero-order chi connectivity index (χ0) is 15.1. The minimum Gasteiger partial charge on any atom is -0.382 e. The van der Waals surface area contributed by atoms with Crippen molar-refractivity contribution in [3.63, 3.8) is 0 Å². The zero-order valence-electron chi connectivity index (χ0n) is 12.6. The highest BCUT2D eigenvalue weighted by Crippen LogP contribution is 2.28. The van der Waals surface area contributed by atoms with Gasteiger partial charge in [-0.05, 0) is 24.0 Å². The monoisotopic (exact) mass is 293 g/mol. The van der Waals surface area contributed by atoms with E-state index in [9.17, 15) is 0 Å². The number of aliphatic imine (C=N–C) groups is 1. The van der Waals surface area contributed by atoms with Crippen LogP contribution in [0.5, 0.6) is 0 Å². The largest absolute Gasteiger partial charge is 0.382 e. The predicted octanol–water partition coefficient (Wildman–Crippen LogP) is 1.85. The van der Waals surface area contributed by atoms with Crippen molar-refractivity contribution >= 4 is 17.6 Å². The van der Waals surface area contributed by atoms with Crippen LogP contribution in [0.1, 0.15) is 16.8 Å². The number of hydrogen-bond acceptors (Lipinski definition) is 4. The third kappa shape index (κ3) is 2.19. The van der Waals surface area contributed by atoms with Gasteiger partial charge in [-0.2, -0.15) is 5.10 Å². The number of benzene rings is 1. The number of nitrogens with two attached hydrogens (primary N) is 1. The molecule has 1 aromatic heterocycles. The molecule has 4 rings (SSSR count). The van der Waals surface area contributed by atoms with E-state index in [1.165, 1.54) is 11.1 Å². The molecule has 2 aromatic rings. The molecular formula is C17H19N5. The van der Waals surface area contributed by atoms with Crippen molar-refractivity contribution in [1.29, 1.82) is 0 Å². The van der Waals surface area contributed by atoms with Gasteiger partial charge in [0.15, 0.2) is 0 Å². The number of nitrogens with zero attached hydrogens (tertiary/aromatic N) is 4. The number of fused-ring (bicyclic) bond motifs is 1. The fourth-order valence-corrected chi connectivity index (χ4v) is 3.37. The van der Waals surface area contributed by atoms with E-state index in [1.54, 1.807) is 4.68 Å². The smallest absolute Gasteiger partial charge is 0.146 e. The van der Waals surface area contributed by atoms with Crippen molar-refractivity contribution in [1.82, 2.24) is 14.7 Å². The predicted molar refractivity (Wildman–Crippen MR) is 88.4 cm³/mol. The van der Waals surface area contributed by atoms with Gasteiger partial charge in [-0.25, -0.2) is 0 Å². The first-order chi connectivity index (χ1) is 10.7. The summed E-state index contributed by atoms with van der Waals surface area (Å²) in [5.74, 6) is 0.539. The van der Waals surface area contributed by atoms with Crippen molar-refractivity contribution < 1.29 is 0 Å². The lowest BCUT2D eigenvalue weighted by Gasteiger charge is -2.28. The normalized spacial score (nSPS) is 17.7. The summed E-state index contributed by atoms with van der Waals surface area (Å²) in [7, 11) is 1.91. The zero-order valence-corrected chi connectivity index (χ0v) is 12.6. The van der Waals surface area contributed by atoms with Crippen LogP contribution in [-0.4, -0.2) is 33.6 Å². The Labute approximate surface area is 129 Å². The first kappa shape index (κ1) is 13.1. The highest BCUT2D eigenvalue weighted by molar-refractivity contribution is 6.09. The lowest BCUT2D eigenvalue weighted by atomic mass is 10.1. The van der Waals surface area contributed by atoms with Gasteiger partial charge in [0.25, 0.3) is 0 Å². The summed E-state index contributed by atoms with van der Waals surface area (Å²) in [6, 6.07) is 11.1. The highest BCUT2D eigenvalue weighted by atomic mass is 15.3. The van der Waals surface area contributed by atoms with Crippen LogP contribution in [-0.2, 0) is 19.9 Å². The Bertz CT molecular complexity index is 746. The molecule has 0 saturated carbocycles. The van der Waals surface area contributed by atoms with Crippen LogP contribution in [0.15, 0.2) is 41.5 Å². The van der Waals surface area contributed by atoms with E-state index in [0.717, 1.165) is 30.8 Å². The van der Waals surface area contributed by atoms with E-state index in [-0.39, 0.29) is 0 Å². The Morgan fingerprint density at radius 1 is 1.18 bits per heavy atom. The number of anilines is 1. The quantitative estimate of drug-likeness (QED) is 0.919. The molecule has 1 aliphatic heterocycles. The summed E-state index contributed by atoms with van der Waals surface area (Å²) in [6.45, 7) is 0.718. The highest BCUT2D eigenvalue weighted by Gasteiger charge is 2.26. The standard InChI is InChI=1S/C17H19N5/c1-21-16(8-17(18)20-21)14-9-19-11-22(10-14)15-6-12-4-2-3-5-13(12)7-15/h2-5,8-10,15H,6-7,11H2,1H3,(H2,18,20). The number of allylic oxidation sites excluding steroid dienone is 1. The lowest BCUT2D eigenvalue weighted by Crippen LogP contribution is -2.33. The molecule has 0 atom stereocenters. The van der Waals surface area contributed by atoms with E-state index in [2.05, 4.69) is 45.5 Å². The van der Waals surface area contributed by atoms with Crippen molar-refractivity contribution in [3.05, 3.63) is 53.4 Å². The number of aromatic nitrogens is 2. The molecule has 1 aromatic carbocycles. The number of rotatable bonds is 2. The van der Waals surface area contributed by atoms with Gasteiger partial charge in [-0.15, -0.1) is 0 Å². The minimum atomic E-state index is 0.482. The Kier molecular flexibility index (Phi) is 2.99. The van der Waals surface area contributed by atoms with E-state index < -0.39 is 0 Å². The van der Waals surface area contributed by atoms with Crippen molar-refractivity contribution in [2.24, 2.45) is 12.0 Å². The first-order valence-electron chi connectivity index (χ1n) is 7.55. The van der Waals surface area contributed by atoms with Gasteiger partial charge >= 0.3 is 0 Å². The van der Waals surface area contributed by atoms with Gasteiger partial charge in [-0.3, -0.25) is 9.67 Å². The SMILES string of the molecule is Cn1nc(N)cc1C1=CN(C2Cc3ccccc3C2)CN=C1. The molecular weight excluding hydrogens is 274 g/mol. The van der Waals surface area contributed by atoms with E-state index >= 15 is 0 Å². The fourth-order valence-electron chi connectivity index (χ4n) is 3.37. The summed E-state index contributed by atoms with van der Waals surface area (Å²) >= 11 is 0. The molecule has 0 spiro atoms. The van der Waals surface area contributed by atoms with Gasteiger partial charge in [0.2, 0.25) is 0 Å². The molecule has 0 amide bonds. The Hall–Kier alpha value is -2.56. The molecule has 22 heavy (non-hydrogen) atoms. The maximum atomic E-state index is 5.78. The molecule has 112 valence electrons. The molecule has 5 nitrogen and oxygen atoms in total. The summed E-state index contributed by atoms with van der Waals surface area (Å²) in [5.41, 5.74) is 10.8. The van der Waals surface area contributed by atoms with Gasteiger partial charge < -0.3 is 10.6 Å². The summed E-state index contributed by atoms with van der Waals surface area (Å²) in [6.07, 6.45) is 6.28. The topological polar surface area (TPSA) is 59.4 Å². The Balaban J connectivity index is 1.60. The third-order valence-corrected chi connectivity index (χ3v) is 4.47. The number of nitrogen functional groups attached to an aromatic ring is 1. The molecule has 0 saturated heterocycles. The average molecular weight is 293 g/mol. The average Bonchev–Trinajstić information content (AvgIpc) is 3.10. The molecule has 2 heterocycles. The van der Waals surface area contributed by atoms with Crippen LogP contribution >= 0.6 is 0 Å². The second-order valence-electron chi connectivity index (χ2n) is 5.96. The first-order valence-corrected chi connectivity index (χ1v) is 7.55. The second kappa shape index (κ2) is 5.02. The van der Waals surface area contributed by atoms with Gasteiger partial charge in [0.1, 0.15) is 12.5 Å². The van der Waals surface area contributed by atoms with Crippen LogP contribution in [0.4, 0.5) is 5.82 Å². The van der Waals surface area contributed by atoms with Crippen molar-refractivity contribution in [3.8, 4) is 0 Å². The molecule has 0 radical (unpaired) electrons. The van der Waals surface area contributed by atoms with Crippen LogP contribution < -0.4 is 5.73 Å². The molecule has 0 bridgehead atoms. The molecule has 5 heteroatoms. The fraction of sp³-hybridized carbons (Fsp3) is 0.294. The Morgan fingerprint density at radius 2 is 1.91 bits per heavy atom. The summed E-state index contributed by atoms with van der Waals surface area (Å²) in [4.78, 5) is 6.86. The minimum absolute atomic E-state index is 0.482. The number of hydrogen-bond donors (Lipinski definition) is 1.